The van der Waals surface area contributed by atoms with Gasteiger partial charge in [-0.3, -0.25) is 4.79 Å². The van der Waals surface area contributed by atoms with E-state index in [2.05, 4.69) is 72.8 Å². The van der Waals surface area contributed by atoms with Crippen LogP contribution in [0.3, 0.4) is 0 Å². The molecule has 0 spiro atoms. The summed E-state index contributed by atoms with van der Waals surface area (Å²) < 4.78 is 0. The molecule has 0 aliphatic carbocycles. The van der Waals surface area contributed by atoms with Crippen LogP contribution in [0.25, 0.3) is 0 Å². The zero-order chi connectivity index (χ0) is 19.9. The molecule has 0 fully saturated rings. The largest absolute Gasteiger partial charge is 0.294 e. The first kappa shape index (κ1) is 18.9. The van der Waals surface area contributed by atoms with Gasteiger partial charge in [-0.1, -0.05) is 121 Å². The molecule has 4 aromatic rings. The minimum Gasteiger partial charge on any atom is -0.294 e. The van der Waals surface area contributed by atoms with Crippen LogP contribution >= 0.6 is 0 Å². The van der Waals surface area contributed by atoms with Gasteiger partial charge in [0, 0.05) is 17.4 Å². The van der Waals surface area contributed by atoms with Crippen molar-refractivity contribution in [2.24, 2.45) is 0 Å². The summed E-state index contributed by atoms with van der Waals surface area (Å²) in [4.78, 5) is 13.4. The van der Waals surface area contributed by atoms with Crippen molar-refractivity contribution in [3.63, 3.8) is 0 Å². The summed E-state index contributed by atoms with van der Waals surface area (Å²) >= 11 is 0. The first-order chi connectivity index (χ1) is 14.3. The topological polar surface area (TPSA) is 17.1 Å². The third-order valence-corrected chi connectivity index (χ3v) is 5.56. The average molecular weight is 376 g/mol. The van der Waals surface area contributed by atoms with Crippen molar-refractivity contribution < 1.29 is 4.79 Å². The van der Waals surface area contributed by atoms with Crippen molar-refractivity contribution >= 4 is 5.78 Å². The Morgan fingerprint density at radius 1 is 0.552 bits per heavy atom. The van der Waals surface area contributed by atoms with Crippen LogP contribution in [0.4, 0.5) is 0 Å². The fraction of sp³-hybridized carbons (Fsp3) is 0.107. The van der Waals surface area contributed by atoms with E-state index in [-0.39, 0.29) is 5.78 Å². The van der Waals surface area contributed by atoms with E-state index in [1.54, 1.807) is 0 Å². The number of ketones is 1. The minimum atomic E-state index is -0.434. The summed E-state index contributed by atoms with van der Waals surface area (Å²) in [5, 5.41) is 0. The van der Waals surface area contributed by atoms with E-state index in [1.807, 2.05) is 48.5 Å². The molecule has 0 atom stereocenters. The Morgan fingerprint density at radius 2 is 0.966 bits per heavy atom. The number of hydrogen-bond donors (Lipinski definition) is 0. The lowest BCUT2D eigenvalue weighted by Gasteiger charge is -2.35. The molecule has 0 amide bonds. The van der Waals surface area contributed by atoms with E-state index in [9.17, 15) is 4.79 Å². The van der Waals surface area contributed by atoms with E-state index >= 15 is 0 Å². The van der Waals surface area contributed by atoms with Crippen molar-refractivity contribution in [3.05, 3.63) is 144 Å². The smallest absolute Gasteiger partial charge is 0.164 e. The maximum atomic E-state index is 13.4. The Bertz CT molecular complexity index is 999. The maximum absolute atomic E-state index is 13.4. The maximum Gasteiger partial charge on any atom is 0.164 e. The molecule has 0 unspecified atom stereocenters. The number of rotatable bonds is 7. The Kier molecular flexibility index (Phi) is 5.67. The quantitative estimate of drug-likeness (QED) is 0.337. The summed E-state index contributed by atoms with van der Waals surface area (Å²) in [6.07, 6.45) is 1.18. The van der Waals surface area contributed by atoms with Crippen LogP contribution < -0.4 is 0 Å². The molecule has 0 bridgehead atoms. The molecule has 0 saturated carbocycles. The second-order valence-corrected chi connectivity index (χ2v) is 7.44. The minimum absolute atomic E-state index is 0.161. The molecule has 0 aliphatic heterocycles. The van der Waals surface area contributed by atoms with Crippen molar-refractivity contribution in [2.75, 3.05) is 0 Å². The number of carbonyl (C=O) groups excluding carboxylic acids is 1. The van der Waals surface area contributed by atoms with Gasteiger partial charge in [0.15, 0.2) is 5.78 Å². The van der Waals surface area contributed by atoms with E-state index in [4.69, 9.17) is 0 Å². The Morgan fingerprint density at radius 3 is 1.45 bits per heavy atom. The summed E-state index contributed by atoms with van der Waals surface area (Å²) in [5.74, 6) is 0.161. The normalized spacial score (nSPS) is 11.2. The van der Waals surface area contributed by atoms with Crippen LogP contribution in [0.2, 0.25) is 0 Å². The summed E-state index contributed by atoms with van der Waals surface area (Å²) in [6.45, 7) is 0. The first-order valence-corrected chi connectivity index (χ1v) is 10.0. The highest BCUT2D eigenvalue weighted by atomic mass is 16.1. The fourth-order valence-corrected chi connectivity index (χ4v) is 4.10. The molecular formula is C28H24O. The predicted octanol–water partition coefficient (Wildman–Crippen LogP) is 6.49. The third-order valence-electron chi connectivity index (χ3n) is 5.56. The van der Waals surface area contributed by atoms with Crippen molar-refractivity contribution in [1.29, 1.82) is 0 Å². The Labute approximate surface area is 172 Å². The van der Waals surface area contributed by atoms with Crippen LogP contribution in [0.1, 0.15) is 33.5 Å². The highest BCUT2D eigenvalue weighted by Gasteiger charge is 2.37. The number of benzene rings is 4. The summed E-state index contributed by atoms with van der Waals surface area (Å²) in [6, 6.07) is 41.0. The summed E-state index contributed by atoms with van der Waals surface area (Å²) in [5.41, 5.74) is 3.88. The molecule has 29 heavy (non-hydrogen) atoms. The molecule has 142 valence electrons. The number of Topliss-reactive ketones (excluding diaryl/α,β-unsaturated/α-hetero) is 1. The first-order valence-electron chi connectivity index (χ1n) is 10.0. The van der Waals surface area contributed by atoms with Crippen LogP contribution in [0.5, 0.6) is 0 Å². The molecule has 1 heteroatoms. The molecule has 0 N–H and O–H groups in total. The lowest BCUT2D eigenvalue weighted by atomic mass is 9.67. The highest BCUT2D eigenvalue weighted by Crippen LogP contribution is 2.40. The molecule has 4 aromatic carbocycles. The molecular weight excluding hydrogens is 352 g/mol. The van der Waals surface area contributed by atoms with Gasteiger partial charge in [0.2, 0.25) is 0 Å². The van der Waals surface area contributed by atoms with E-state index in [1.165, 1.54) is 16.7 Å². The number of carbonyl (C=O) groups is 1. The van der Waals surface area contributed by atoms with Crippen LogP contribution in [-0.2, 0) is 11.8 Å². The standard InChI is InChI=1S/C28H24O/c29-27(24-15-7-2-8-16-24)22-28(25-17-9-3-10-18-25,26-19-11-4-12-20-26)21-23-13-5-1-6-14-23/h1-20H,21-22H2. The predicted molar refractivity (Wildman–Crippen MR) is 119 cm³/mol. The molecule has 0 heterocycles. The monoisotopic (exact) mass is 376 g/mol. The van der Waals surface area contributed by atoms with Gasteiger partial charge < -0.3 is 0 Å². The molecule has 1 nitrogen and oxygen atoms in total. The molecule has 0 saturated heterocycles. The van der Waals surface area contributed by atoms with Gasteiger partial charge in [-0.05, 0) is 23.1 Å². The zero-order valence-corrected chi connectivity index (χ0v) is 16.4. The van der Waals surface area contributed by atoms with Crippen LogP contribution in [0, 0.1) is 0 Å². The third kappa shape index (κ3) is 4.20. The summed E-state index contributed by atoms with van der Waals surface area (Å²) in [7, 11) is 0. The lowest BCUT2D eigenvalue weighted by Crippen LogP contribution is -2.33. The molecule has 0 radical (unpaired) electrons. The molecule has 0 aromatic heterocycles. The SMILES string of the molecule is O=C(CC(Cc1ccccc1)(c1ccccc1)c1ccccc1)c1ccccc1. The van der Waals surface area contributed by atoms with Gasteiger partial charge in [-0.15, -0.1) is 0 Å². The van der Waals surface area contributed by atoms with E-state index in [0.29, 0.717) is 6.42 Å². The van der Waals surface area contributed by atoms with Crippen molar-refractivity contribution in [1.82, 2.24) is 0 Å². The second kappa shape index (κ2) is 8.70. The van der Waals surface area contributed by atoms with Crippen molar-refractivity contribution in [3.8, 4) is 0 Å². The van der Waals surface area contributed by atoms with Gasteiger partial charge in [0.1, 0.15) is 0 Å². The van der Waals surface area contributed by atoms with Gasteiger partial charge in [-0.25, -0.2) is 0 Å². The second-order valence-electron chi connectivity index (χ2n) is 7.44. The van der Waals surface area contributed by atoms with Crippen molar-refractivity contribution in [2.45, 2.75) is 18.3 Å². The van der Waals surface area contributed by atoms with Crippen LogP contribution in [0.15, 0.2) is 121 Å². The Hall–Kier alpha value is -3.45. The van der Waals surface area contributed by atoms with Crippen LogP contribution in [-0.4, -0.2) is 5.78 Å². The van der Waals surface area contributed by atoms with Gasteiger partial charge in [0.05, 0.1) is 0 Å². The number of hydrogen-bond acceptors (Lipinski definition) is 1. The fourth-order valence-electron chi connectivity index (χ4n) is 4.10. The van der Waals surface area contributed by atoms with E-state index in [0.717, 1.165) is 12.0 Å². The molecule has 4 rings (SSSR count). The van der Waals surface area contributed by atoms with Gasteiger partial charge >= 0.3 is 0 Å². The molecule has 0 aliphatic rings. The zero-order valence-electron chi connectivity index (χ0n) is 16.4. The lowest BCUT2D eigenvalue weighted by molar-refractivity contribution is 0.0958. The highest BCUT2D eigenvalue weighted by molar-refractivity contribution is 5.97. The Balaban J connectivity index is 1.86. The van der Waals surface area contributed by atoms with Gasteiger partial charge in [0.25, 0.3) is 0 Å². The average Bonchev–Trinajstić information content (AvgIpc) is 2.81. The van der Waals surface area contributed by atoms with Gasteiger partial charge in [-0.2, -0.15) is 0 Å². The van der Waals surface area contributed by atoms with E-state index < -0.39 is 5.41 Å².